The molecule has 1 atom stereocenters. The minimum Gasteiger partial charge on any atom is -0.496 e. The van der Waals surface area contributed by atoms with E-state index in [1.54, 1.807) is 37.3 Å². The van der Waals surface area contributed by atoms with Gasteiger partial charge < -0.3 is 15.4 Å². The van der Waals surface area contributed by atoms with Gasteiger partial charge in [0, 0.05) is 36.2 Å². The van der Waals surface area contributed by atoms with E-state index in [2.05, 4.69) is 15.6 Å². The van der Waals surface area contributed by atoms with Gasteiger partial charge >= 0.3 is 6.18 Å². The fourth-order valence-corrected chi connectivity index (χ4v) is 3.21. The second-order valence-electron chi connectivity index (χ2n) is 8.93. The number of hydrogen-bond acceptors (Lipinski definition) is 5. The highest BCUT2D eigenvalue weighted by molar-refractivity contribution is 5.93. The van der Waals surface area contributed by atoms with Crippen LogP contribution in [-0.4, -0.2) is 42.0 Å². The van der Waals surface area contributed by atoms with Crippen molar-refractivity contribution in [1.29, 1.82) is 0 Å². The first-order chi connectivity index (χ1) is 15.3. The number of rotatable bonds is 9. The zero-order valence-electron chi connectivity index (χ0n) is 19.5. The number of halogens is 3. The van der Waals surface area contributed by atoms with Crippen LogP contribution in [0.15, 0.2) is 36.5 Å². The van der Waals surface area contributed by atoms with E-state index >= 15 is 0 Å². The number of nitrogens with one attached hydrogen (secondary N) is 2. The molecule has 9 heteroatoms. The third-order valence-electron chi connectivity index (χ3n) is 4.75. The van der Waals surface area contributed by atoms with Crippen LogP contribution in [0.2, 0.25) is 0 Å². The molecule has 0 spiro atoms. The highest BCUT2D eigenvalue weighted by Gasteiger charge is 2.27. The summed E-state index contributed by atoms with van der Waals surface area (Å²) in [5.74, 6) is 0.0244. The molecule has 2 N–H and O–H groups in total. The molecule has 180 valence electrons. The van der Waals surface area contributed by atoms with Gasteiger partial charge in [-0.15, -0.1) is 0 Å². The number of carbonyl (C=O) groups is 2. The number of ether oxygens (including phenoxy) is 1. The van der Waals surface area contributed by atoms with Gasteiger partial charge in [-0.2, -0.15) is 13.2 Å². The molecule has 0 saturated carbocycles. The Morgan fingerprint density at radius 1 is 1.09 bits per heavy atom. The summed E-state index contributed by atoms with van der Waals surface area (Å²) in [6.45, 7) is 6.10. The van der Waals surface area contributed by atoms with Gasteiger partial charge in [0.2, 0.25) is 0 Å². The summed E-state index contributed by atoms with van der Waals surface area (Å²) >= 11 is 0. The van der Waals surface area contributed by atoms with Crippen LogP contribution in [0.1, 0.15) is 60.9 Å². The third kappa shape index (κ3) is 8.84. The minimum absolute atomic E-state index is 0.0366. The first-order valence-electron chi connectivity index (χ1n) is 10.5. The van der Waals surface area contributed by atoms with Gasteiger partial charge in [0.1, 0.15) is 17.2 Å². The molecule has 1 amide bonds. The molecular formula is C24H30F3N3O3. The van der Waals surface area contributed by atoms with E-state index in [1.165, 1.54) is 13.3 Å². The van der Waals surface area contributed by atoms with Crippen molar-refractivity contribution < 1.29 is 27.5 Å². The van der Waals surface area contributed by atoms with E-state index in [-0.39, 0.29) is 30.2 Å². The number of methoxy groups -OCH3 is 1. The molecule has 0 aliphatic rings. The normalized spacial score (nSPS) is 12.8. The highest BCUT2D eigenvalue weighted by Crippen LogP contribution is 2.25. The first-order valence-corrected chi connectivity index (χ1v) is 10.5. The molecule has 0 bridgehead atoms. The van der Waals surface area contributed by atoms with E-state index in [4.69, 9.17) is 4.74 Å². The SMILES string of the molecule is COc1ccc(C(C)NCC(F)(F)F)cc1CC(=O)Cc1ccnc(C(=O)NC(C)(C)C)c1. The maximum atomic E-state index is 12.8. The summed E-state index contributed by atoms with van der Waals surface area (Å²) in [6.07, 6.45) is -2.72. The Kier molecular flexibility index (Phi) is 8.60. The van der Waals surface area contributed by atoms with Gasteiger partial charge in [-0.3, -0.25) is 14.6 Å². The Morgan fingerprint density at radius 3 is 2.39 bits per heavy atom. The van der Waals surface area contributed by atoms with Crippen LogP contribution in [0.25, 0.3) is 0 Å². The number of alkyl halides is 3. The molecule has 33 heavy (non-hydrogen) atoms. The predicted octanol–water partition coefficient (Wildman–Crippen LogP) is 4.19. The van der Waals surface area contributed by atoms with Crippen LogP contribution in [0.4, 0.5) is 13.2 Å². The van der Waals surface area contributed by atoms with Gasteiger partial charge in [-0.1, -0.05) is 12.1 Å². The zero-order chi connectivity index (χ0) is 24.8. The average molecular weight is 466 g/mol. The van der Waals surface area contributed by atoms with Gasteiger partial charge in [0.25, 0.3) is 5.91 Å². The molecule has 1 unspecified atom stereocenters. The number of benzene rings is 1. The van der Waals surface area contributed by atoms with Crippen LogP contribution in [-0.2, 0) is 17.6 Å². The van der Waals surface area contributed by atoms with E-state index in [0.717, 1.165) is 0 Å². The fraction of sp³-hybridized carbons (Fsp3) is 0.458. The maximum Gasteiger partial charge on any atom is 0.401 e. The van der Waals surface area contributed by atoms with Crippen LogP contribution in [0.5, 0.6) is 5.75 Å². The molecule has 0 aliphatic heterocycles. The molecule has 1 aromatic heterocycles. The molecule has 1 heterocycles. The summed E-state index contributed by atoms with van der Waals surface area (Å²) in [4.78, 5) is 29.2. The molecule has 0 saturated heterocycles. The van der Waals surface area contributed by atoms with Crippen molar-refractivity contribution in [2.75, 3.05) is 13.7 Å². The number of pyridine rings is 1. The van der Waals surface area contributed by atoms with Crippen molar-refractivity contribution in [2.45, 2.75) is 58.3 Å². The standard InChI is InChI=1S/C24H30F3N3O3/c1-15(29-14-24(25,26)27)17-6-7-21(33-5)18(12-17)13-19(31)10-16-8-9-28-20(11-16)22(32)30-23(2,3)4/h6-9,11-12,15,29H,10,13-14H2,1-5H3,(H,30,32). The molecule has 6 nitrogen and oxygen atoms in total. The van der Waals surface area contributed by atoms with E-state index in [1.807, 2.05) is 20.8 Å². The second-order valence-corrected chi connectivity index (χ2v) is 8.93. The van der Waals surface area contributed by atoms with Crippen molar-refractivity contribution >= 4 is 11.7 Å². The number of hydrogen-bond donors (Lipinski definition) is 2. The lowest BCUT2D eigenvalue weighted by molar-refractivity contribution is -0.126. The van der Waals surface area contributed by atoms with Crippen LogP contribution < -0.4 is 15.4 Å². The number of aromatic nitrogens is 1. The molecule has 1 aromatic carbocycles. The number of amides is 1. The number of ketones is 1. The summed E-state index contributed by atoms with van der Waals surface area (Å²) in [7, 11) is 1.47. The van der Waals surface area contributed by atoms with Crippen molar-refractivity contribution in [1.82, 2.24) is 15.6 Å². The molecule has 2 rings (SSSR count). The molecule has 0 radical (unpaired) electrons. The largest absolute Gasteiger partial charge is 0.496 e. The lowest BCUT2D eigenvalue weighted by Crippen LogP contribution is -2.40. The lowest BCUT2D eigenvalue weighted by atomic mass is 9.98. The number of nitrogens with zero attached hydrogens (tertiary/aromatic N) is 1. The summed E-state index contributed by atoms with van der Waals surface area (Å²) < 4.78 is 42.9. The first kappa shape index (κ1) is 26.3. The molecular weight excluding hydrogens is 435 g/mol. The van der Waals surface area contributed by atoms with Crippen LogP contribution >= 0.6 is 0 Å². The molecule has 0 aliphatic carbocycles. The van der Waals surface area contributed by atoms with Crippen molar-refractivity contribution in [3.8, 4) is 5.75 Å². The van der Waals surface area contributed by atoms with Crippen molar-refractivity contribution in [3.63, 3.8) is 0 Å². The Morgan fingerprint density at radius 2 is 1.79 bits per heavy atom. The van der Waals surface area contributed by atoms with Crippen LogP contribution in [0, 0.1) is 0 Å². The smallest absolute Gasteiger partial charge is 0.401 e. The van der Waals surface area contributed by atoms with Gasteiger partial charge in [-0.25, -0.2) is 0 Å². The van der Waals surface area contributed by atoms with E-state index in [0.29, 0.717) is 22.4 Å². The highest BCUT2D eigenvalue weighted by atomic mass is 19.4. The Labute approximate surface area is 191 Å². The molecule has 0 fully saturated rings. The fourth-order valence-electron chi connectivity index (χ4n) is 3.21. The summed E-state index contributed by atoms with van der Waals surface area (Å²) in [5.41, 5.74) is 1.65. The monoisotopic (exact) mass is 465 g/mol. The van der Waals surface area contributed by atoms with Crippen molar-refractivity contribution in [3.05, 3.63) is 58.9 Å². The average Bonchev–Trinajstić information content (AvgIpc) is 2.70. The van der Waals surface area contributed by atoms with E-state index in [9.17, 15) is 22.8 Å². The summed E-state index contributed by atoms with van der Waals surface area (Å²) in [5, 5.41) is 5.26. The van der Waals surface area contributed by atoms with Crippen LogP contribution in [0.3, 0.4) is 0 Å². The maximum absolute atomic E-state index is 12.8. The zero-order valence-corrected chi connectivity index (χ0v) is 19.5. The van der Waals surface area contributed by atoms with Gasteiger partial charge in [-0.05, 0) is 57.0 Å². The lowest BCUT2D eigenvalue weighted by Gasteiger charge is -2.20. The quantitative estimate of drug-likeness (QED) is 0.581. The molecule has 2 aromatic rings. The number of carbonyl (C=O) groups excluding carboxylic acids is 2. The van der Waals surface area contributed by atoms with Gasteiger partial charge in [0.15, 0.2) is 0 Å². The van der Waals surface area contributed by atoms with Crippen molar-refractivity contribution in [2.24, 2.45) is 0 Å². The Bertz CT molecular complexity index is 985. The Balaban J connectivity index is 2.12. The third-order valence-corrected chi connectivity index (χ3v) is 4.75. The van der Waals surface area contributed by atoms with Gasteiger partial charge in [0.05, 0.1) is 13.7 Å². The minimum atomic E-state index is -4.31. The van der Waals surface area contributed by atoms with E-state index < -0.39 is 24.3 Å². The summed E-state index contributed by atoms with van der Waals surface area (Å²) in [6, 6.07) is 7.68. The number of Topliss-reactive ketones (excluding diaryl/α,β-unsaturated/α-hetero) is 1. The second kappa shape index (κ2) is 10.8. The predicted molar refractivity (Wildman–Crippen MR) is 119 cm³/mol. The Hall–Kier alpha value is -2.94. The topological polar surface area (TPSA) is 80.3 Å².